The Morgan fingerprint density at radius 1 is 1.00 bits per heavy atom. The molecule has 0 radical (unpaired) electrons. The maximum absolute atomic E-state index is 12.9. The minimum absolute atomic E-state index is 0.300. The van der Waals surface area contributed by atoms with Crippen LogP contribution in [0.4, 0.5) is 8.78 Å². The molecule has 2 aliphatic rings. The van der Waals surface area contributed by atoms with Crippen LogP contribution in [0, 0.1) is 17.8 Å². The van der Waals surface area contributed by atoms with Crippen LogP contribution in [0.5, 0.6) is 0 Å². The molecular weight excluding hydrogens is 286 g/mol. The van der Waals surface area contributed by atoms with E-state index in [1.165, 1.54) is 38.5 Å². The fraction of sp³-hybridized carbons (Fsp3) is 0.944. The second kappa shape index (κ2) is 7.74. The van der Waals surface area contributed by atoms with Crippen molar-refractivity contribution in [3.05, 3.63) is 0 Å². The topological polar surface area (TPSA) is 26.3 Å². The molecule has 0 aromatic rings. The van der Waals surface area contributed by atoms with Crippen molar-refractivity contribution in [3.63, 3.8) is 0 Å². The van der Waals surface area contributed by atoms with Gasteiger partial charge in [0.1, 0.15) is 6.10 Å². The van der Waals surface area contributed by atoms with Crippen molar-refractivity contribution in [2.24, 2.45) is 17.8 Å². The number of carbonyl (C=O) groups excluding carboxylic acids is 1. The highest BCUT2D eigenvalue weighted by Crippen LogP contribution is 2.41. The van der Waals surface area contributed by atoms with Crippen LogP contribution in [-0.2, 0) is 9.53 Å². The summed E-state index contributed by atoms with van der Waals surface area (Å²) in [6.07, 6.45) is 11.3. The molecule has 0 atom stereocenters. The molecule has 0 aliphatic heterocycles. The van der Waals surface area contributed by atoms with Gasteiger partial charge in [0.25, 0.3) is 0 Å². The van der Waals surface area contributed by atoms with Crippen LogP contribution in [0.3, 0.4) is 0 Å². The Balaban J connectivity index is 1.70. The molecule has 2 aliphatic carbocycles. The smallest absolute Gasteiger partial charge is 0.376 e. The SMILES string of the molecule is CCCC1CCC(C2CCC(OC(=O)C(C)(F)F)CC2)CC1. The number of ether oxygens (including phenoxy) is 1. The van der Waals surface area contributed by atoms with Gasteiger partial charge in [-0.3, -0.25) is 0 Å². The number of esters is 1. The molecule has 128 valence electrons. The molecule has 2 saturated carbocycles. The summed E-state index contributed by atoms with van der Waals surface area (Å²) in [6, 6.07) is 0. The Morgan fingerprint density at radius 3 is 1.95 bits per heavy atom. The molecule has 0 heterocycles. The van der Waals surface area contributed by atoms with Crippen molar-refractivity contribution in [2.75, 3.05) is 0 Å². The maximum Gasteiger partial charge on any atom is 0.376 e. The van der Waals surface area contributed by atoms with Gasteiger partial charge in [0, 0.05) is 6.92 Å². The molecule has 0 amide bonds. The lowest BCUT2D eigenvalue weighted by Gasteiger charge is -2.37. The molecule has 2 fully saturated rings. The van der Waals surface area contributed by atoms with Crippen molar-refractivity contribution in [2.45, 2.75) is 90.1 Å². The largest absolute Gasteiger partial charge is 0.458 e. The van der Waals surface area contributed by atoms with Gasteiger partial charge in [0.15, 0.2) is 0 Å². The number of hydrogen-bond acceptors (Lipinski definition) is 2. The van der Waals surface area contributed by atoms with E-state index in [1.54, 1.807) is 0 Å². The molecule has 0 aromatic heterocycles. The Morgan fingerprint density at radius 2 is 1.50 bits per heavy atom. The summed E-state index contributed by atoms with van der Waals surface area (Å²) in [5, 5.41) is 0. The van der Waals surface area contributed by atoms with Gasteiger partial charge in [-0.15, -0.1) is 0 Å². The molecule has 0 bridgehead atoms. The van der Waals surface area contributed by atoms with Gasteiger partial charge in [-0.05, 0) is 56.3 Å². The fourth-order valence-corrected chi connectivity index (χ4v) is 4.29. The van der Waals surface area contributed by atoms with Gasteiger partial charge in [0.2, 0.25) is 0 Å². The van der Waals surface area contributed by atoms with Crippen molar-refractivity contribution in [1.82, 2.24) is 0 Å². The first-order valence-corrected chi connectivity index (χ1v) is 8.99. The monoisotopic (exact) mass is 316 g/mol. The summed E-state index contributed by atoms with van der Waals surface area (Å²) < 4.78 is 30.7. The van der Waals surface area contributed by atoms with Crippen molar-refractivity contribution in [1.29, 1.82) is 0 Å². The highest BCUT2D eigenvalue weighted by molar-refractivity contribution is 5.77. The molecule has 0 saturated heterocycles. The summed E-state index contributed by atoms with van der Waals surface area (Å²) in [4.78, 5) is 11.2. The molecule has 0 aromatic carbocycles. The van der Waals surface area contributed by atoms with Gasteiger partial charge in [-0.1, -0.05) is 32.6 Å². The van der Waals surface area contributed by atoms with Crippen LogP contribution < -0.4 is 0 Å². The lowest BCUT2D eigenvalue weighted by Crippen LogP contribution is -2.34. The number of carbonyl (C=O) groups is 1. The lowest BCUT2D eigenvalue weighted by molar-refractivity contribution is -0.177. The zero-order valence-electron chi connectivity index (χ0n) is 14.0. The standard InChI is InChI=1S/C18H30F2O2/c1-3-4-13-5-7-14(8-6-13)15-9-11-16(12-10-15)22-17(21)18(2,19)20/h13-16H,3-12H2,1-2H3. The molecule has 0 N–H and O–H groups in total. The van der Waals surface area contributed by atoms with Gasteiger partial charge < -0.3 is 4.74 Å². The predicted octanol–water partition coefficient (Wildman–Crippen LogP) is 5.35. The van der Waals surface area contributed by atoms with E-state index in [1.807, 2.05) is 0 Å². The highest BCUT2D eigenvalue weighted by atomic mass is 19.3. The van der Waals surface area contributed by atoms with E-state index in [-0.39, 0.29) is 6.10 Å². The van der Waals surface area contributed by atoms with Crippen LogP contribution in [0.2, 0.25) is 0 Å². The second-order valence-corrected chi connectivity index (χ2v) is 7.40. The number of hydrogen-bond donors (Lipinski definition) is 0. The average molecular weight is 316 g/mol. The van der Waals surface area contributed by atoms with Gasteiger partial charge in [-0.25, -0.2) is 4.79 Å². The molecular formula is C18H30F2O2. The molecule has 2 rings (SSSR count). The maximum atomic E-state index is 12.9. The summed E-state index contributed by atoms with van der Waals surface area (Å²) >= 11 is 0. The minimum atomic E-state index is -3.37. The first-order valence-electron chi connectivity index (χ1n) is 8.99. The van der Waals surface area contributed by atoms with Crippen LogP contribution >= 0.6 is 0 Å². The lowest BCUT2D eigenvalue weighted by atomic mass is 9.70. The third kappa shape index (κ3) is 4.92. The van der Waals surface area contributed by atoms with Crippen LogP contribution in [0.15, 0.2) is 0 Å². The summed E-state index contributed by atoms with van der Waals surface area (Å²) in [6.45, 7) is 2.87. The Kier molecular flexibility index (Phi) is 6.22. The Bertz CT molecular complexity index is 349. The minimum Gasteiger partial charge on any atom is -0.458 e. The first-order chi connectivity index (χ1) is 10.4. The second-order valence-electron chi connectivity index (χ2n) is 7.40. The molecule has 2 nitrogen and oxygen atoms in total. The molecule has 0 unspecified atom stereocenters. The van der Waals surface area contributed by atoms with Crippen molar-refractivity contribution >= 4 is 5.97 Å². The quantitative estimate of drug-likeness (QED) is 0.639. The fourth-order valence-electron chi connectivity index (χ4n) is 4.29. The van der Waals surface area contributed by atoms with E-state index in [2.05, 4.69) is 6.92 Å². The van der Waals surface area contributed by atoms with Crippen molar-refractivity contribution < 1.29 is 18.3 Å². The predicted molar refractivity (Wildman–Crippen MR) is 82.8 cm³/mol. The van der Waals surface area contributed by atoms with Gasteiger partial charge in [-0.2, -0.15) is 8.78 Å². The molecule has 4 heteroatoms. The third-order valence-electron chi connectivity index (χ3n) is 5.61. The summed E-state index contributed by atoms with van der Waals surface area (Å²) in [7, 11) is 0. The molecule has 22 heavy (non-hydrogen) atoms. The van der Waals surface area contributed by atoms with Crippen LogP contribution in [0.25, 0.3) is 0 Å². The third-order valence-corrected chi connectivity index (χ3v) is 5.61. The van der Waals surface area contributed by atoms with Gasteiger partial charge >= 0.3 is 11.9 Å². The normalized spacial score (nSPS) is 33.5. The Labute approximate surface area is 133 Å². The summed E-state index contributed by atoms with van der Waals surface area (Å²) in [5.74, 6) is -2.30. The Hall–Kier alpha value is -0.670. The first kappa shape index (κ1) is 17.7. The zero-order chi connectivity index (χ0) is 16.2. The van der Waals surface area contributed by atoms with Crippen LogP contribution in [0.1, 0.15) is 78.1 Å². The van der Waals surface area contributed by atoms with E-state index >= 15 is 0 Å². The molecule has 0 spiro atoms. The van der Waals surface area contributed by atoms with E-state index in [9.17, 15) is 13.6 Å². The summed E-state index contributed by atoms with van der Waals surface area (Å²) in [5.41, 5.74) is 0. The number of rotatable bonds is 5. The van der Waals surface area contributed by atoms with E-state index in [4.69, 9.17) is 4.74 Å². The number of alkyl halides is 2. The zero-order valence-corrected chi connectivity index (χ0v) is 14.0. The average Bonchev–Trinajstić information content (AvgIpc) is 2.48. The van der Waals surface area contributed by atoms with Crippen molar-refractivity contribution in [3.8, 4) is 0 Å². The highest BCUT2D eigenvalue weighted by Gasteiger charge is 2.38. The van der Waals surface area contributed by atoms with Crippen LogP contribution in [-0.4, -0.2) is 18.0 Å². The van der Waals surface area contributed by atoms with E-state index in [0.29, 0.717) is 12.8 Å². The number of halogens is 2. The van der Waals surface area contributed by atoms with E-state index < -0.39 is 11.9 Å². The van der Waals surface area contributed by atoms with E-state index in [0.717, 1.165) is 37.5 Å². The van der Waals surface area contributed by atoms with Gasteiger partial charge in [0.05, 0.1) is 0 Å².